The number of amides is 1. The minimum absolute atomic E-state index is 0.102. The van der Waals surface area contributed by atoms with E-state index in [1.165, 1.54) is 0 Å². The highest BCUT2D eigenvalue weighted by atomic mass is 16.5. The minimum atomic E-state index is -0.287. The van der Waals surface area contributed by atoms with E-state index in [0.29, 0.717) is 25.6 Å². The van der Waals surface area contributed by atoms with Gasteiger partial charge in [0.1, 0.15) is 6.04 Å². The van der Waals surface area contributed by atoms with Crippen molar-refractivity contribution in [2.75, 3.05) is 25.1 Å². The molecule has 6 heteroatoms. The predicted octanol–water partition coefficient (Wildman–Crippen LogP) is -0.0466. The highest BCUT2D eigenvalue weighted by molar-refractivity contribution is 5.94. The van der Waals surface area contributed by atoms with Crippen molar-refractivity contribution in [3.63, 3.8) is 0 Å². The molecule has 1 atom stereocenters. The average Bonchev–Trinajstić information content (AvgIpc) is 2.62. The van der Waals surface area contributed by atoms with Gasteiger partial charge in [-0.2, -0.15) is 5.10 Å². The first-order valence-corrected chi connectivity index (χ1v) is 5.32. The van der Waals surface area contributed by atoms with Crippen LogP contribution in [-0.2, 0) is 9.53 Å². The second-order valence-corrected chi connectivity index (χ2v) is 3.89. The van der Waals surface area contributed by atoms with Crippen LogP contribution in [0.25, 0.3) is 0 Å². The summed E-state index contributed by atoms with van der Waals surface area (Å²) in [6.07, 6.45) is 0. The van der Waals surface area contributed by atoms with Crippen LogP contribution in [0.1, 0.15) is 11.3 Å². The van der Waals surface area contributed by atoms with Crippen molar-refractivity contribution in [3.8, 4) is 0 Å². The van der Waals surface area contributed by atoms with Crippen LogP contribution in [0.15, 0.2) is 0 Å². The molecule has 2 heterocycles. The summed E-state index contributed by atoms with van der Waals surface area (Å²) < 4.78 is 5.22. The molecule has 3 N–H and O–H groups in total. The molecule has 0 spiro atoms. The number of aromatic amines is 1. The van der Waals surface area contributed by atoms with E-state index >= 15 is 0 Å². The zero-order valence-electron chi connectivity index (χ0n) is 9.46. The van der Waals surface area contributed by atoms with Gasteiger partial charge >= 0.3 is 0 Å². The van der Waals surface area contributed by atoms with Crippen LogP contribution in [0.4, 0.5) is 5.82 Å². The van der Waals surface area contributed by atoms with Crippen molar-refractivity contribution < 1.29 is 9.53 Å². The highest BCUT2D eigenvalue weighted by Crippen LogP contribution is 2.14. The van der Waals surface area contributed by atoms with Crippen LogP contribution in [0.3, 0.4) is 0 Å². The molecule has 1 aliphatic heterocycles. The van der Waals surface area contributed by atoms with Gasteiger partial charge in [-0.1, -0.05) is 0 Å². The molecule has 0 aromatic carbocycles. The number of H-pyrrole nitrogens is 1. The summed E-state index contributed by atoms with van der Waals surface area (Å²) in [5.41, 5.74) is 1.92. The van der Waals surface area contributed by atoms with Crippen LogP contribution >= 0.6 is 0 Å². The Balaban J connectivity index is 1.98. The van der Waals surface area contributed by atoms with Crippen LogP contribution < -0.4 is 10.6 Å². The van der Waals surface area contributed by atoms with Crippen molar-refractivity contribution in [1.29, 1.82) is 0 Å². The molecule has 2 rings (SSSR count). The summed E-state index contributed by atoms with van der Waals surface area (Å²) in [7, 11) is 0. The van der Waals surface area contributed by atoms with E-state index in [2.05, 4.69) is 20.8 Å². The smallest absolute Gasteiger partial charge is 0.245 e. The van der Waals surface area contributed by atoms with Gasteiger partial charge in [-0.3, -0.25) is 9.89 Å². The number of aromatic nitrogens is 2. The number of carbonyl (C=O) groups excluding carboxylic acids is 1. The molecule has 88 valence electrons. The Hall–Kier alpha value is -1.40. The van der Waals surface area contributed by atoms with E-state index in [1.807, 2.05) is 13.8 Å². The molecule has 1 aromatic heterocycles. The zero-order chi connectivity index (χ0) is 11.5. The molecule has 0 aliphatic carbocycles. The fourth-order valence-corrected chi connectivity index (χ4v) is 1.54. The maximum Gasteiger partial charge on any atom is 0.245 e. The molecular formula is C10H16N4O2. The Morgan fingerprint density at radius 1 is 1.56 bits per heavy atom. The van der Waals surface area contributed by atoms with Crippen LogP contribution in [0.2, 0.25) is 0 Å². The summed E-state index contributed by atoms with van der Waals surface area (Å²) in [6.45, 7) is 5.61. The van der Waals surface area contributed by atoms with E-state index in [0.717, 1.165) is 11.3 Å². The van der Waals surface area contributed by atoms with Gasteiger partial charge in [-0.15, -0.1) is 0 Å². The lowest BCUT2D eigenvalue weighted by atomic mass is 10.2. The number of nitrogens with zero attached hydrogens (tertiary/aromatic N) is 1. The minimum Gasteiger partial charge on any atom is -0.378 e. The summed E-state index contributed by atoms with van der Waals surface area (Å²) >= 11 is 0. The van der Waals surface area contributed by atoms with Gasteiger partial charge in [0.05, 0.1) is 13.2 Å². The molecule has 6 nitrogen and oxygen atoms in total. The Morgan fingerprint density at radius 3 is 2.94 bits per heavy atom. The Kier molecular flexibility index (Phi) is 3.21. The molecule has 1 saturated heterocycles. The Bertz CT molecular complexity index is 382. The fraction of sp³-hybridized carbons (Fsp3) is 0.600. The van der Waals surface area contributed by atoms with Crippen molar-refractivity contribution in [3.05, 3.63) is 11.3 Å². The van der Waals surface area contributed by atoms with Gasteiger partial charge in [-0.25, -0.2) is 0 Å². The second-order valence-electron chi connectivity index (χ2n) is 3.89. The molecule has 1 aromatic rings. The standard InChI is InChI=1S/C10H16N4O2/c1-6-7(2)13-14-9(6)12-10(15)8-5-16-4-3-11-8/h8,11H,3-5H2,1-2H3,(H2,12,13,14,15). The van der Waals surface area contributed by atoms with Crippen LogP contribution in [-0.4, -0.2) is 41.9 Å². The zero-order valence-corrected chi connectivity index (χ0v) is 9.46. The van der Waals surface area contributed by atoms with Crippen molar-refractivity contribution in [1.82, 2.24) is 15.5 Å². The first-order chi connectivity index (χ1) is 7.68. The number of anilines is 1. The van der Waals surface area contributed by atoms with Crippen molar-refractivity contribution >= 4 is 11.7 Å². The quantitative estimate of drug-likeness (QED) is 0.658. The molecule has 0 bridgehead atoms. The van der Waals surface area contributed by atoms with Gasteiger partial charge in [-0.05, 0) is 13.8 Å². The van der Waals surface area contributed by atoms with E-state index < -0.39 is 0 Å². The molecule has 0 saturated carbocycles. The van der Waals surface area contributed by atoms with Crippen LogP contribution in [0.5, 0.6) is 0 Å². The lowest BCUT2D eigenvalue weighted by Gasteiger charge is -2.22. The van der Waals surface area contributed by atoms with E-state index in [-0.39, 0.29) is 11.9 Å². The molecule has 16 heavy (non-hydrogen) atoms. The van der Waals surface area contributed by atoms with Gasteiger partial charge in [0.15, 0.2) is 5.82 Å². The maximum absolute atomic E-state index is 11.8. The third-order valence-electron chi connectivity index (χ3n) is 2.73. The number of ether oxygens (including phenoxy) is 1. The topological polar surface area (TPSA) is 79.0 Å². The molecule has 1 unspecified atom stereocenters. The summed E-state index contributed by atoms with van der Waals surface area (Å²) in [6, 6.07) is -0.287. The third-order valence-corrected chi connectivity index (χ3v) is 2.73. The lowest BCUT2D eigenvalue weighted by Crippen LogP contribution is -2.48. The van der Waals surface area contributed by atoms with E-state index in [4.69, 9.17) is 4.74 Å². The molecule has 0 radical (unpaired) electrons. The third kappa shape index (κ3) is 2.23. The summed E-state index contributed by atoms with van der Waals surface area (Å²) in [4.78, 5) is 11.8. The number of nitrogens with one attached hydrogen (secondary N) is 3. The Labute approximate surface area is 93.8 Å². The van der Waals surface area contributed by atoms with Gasteiger partial charge in [0, 0.05) is 17.8 Å². The number of carbonyl (C=O) groups is 1. The SMILES string of the molecule is Cc1[nH]nc(NC(=O)C2COCCN2)c1C. The molecule has 1 amide bonds. The summed E-state index contributed by atoms with van der Waals surface area (Å²) in [5.74, 6) is 0.490. The monoisotopic (exact) mass is 224 g/mol. The molecular weight excluding hydrogens is 208 g/mol. The predicted molar refractivity (Wildman–Crippen MR) is 59.3 cm³/mol. The number of hydrogen-bond acceptors (Lipinski definition) is 4. The van der Waals surface area contributed by atoms with Crippen LogP contribution in [0, 0.1) is 13.8 Å². The van der Waals surface area contributed by atoms with Crippen molar-refractivity contribution in [2.24, 2.45) is 0 Å². The largest absolute Gasteiger partial charge is 0.378 e. The first kappa shape index (κ1) is 11.1. The molecule has 1 aliphatic rings. The van der Waals surface area contributed by atoms with Gasteiger partial charge in [0.2, 0.25) is 5.91 Å². The first-order valence-electron chi connectivity index (χ1n) is 5.32. The number of rotatable bonds is 2. The lowest BCUT2D eigenvalue weighted by molar-refractivity contribution is -0.120. The molecule has 1 fully saturated rings. The van der Waals surface area contributed by atoms with E-state index in [9.17, 15) is 4.79 Å². The maximum atomic E-state index is 11.8. The number of morpholine rings is 1. The van der Waals surface area contributed by atoms with Crippen molar-refractivity contribution in [2.45, 2.75) is 19.9 Å². The highest BCUT2D eigenvalue weighted by Gasteiger charge is 2.22. The van der Waals surface area contributed by atoms with E-state index in [1.54, 1.807) is 0 Å². The normalized spacial score (nSPS) is 20.8. The number of hydrogen-bond donors (Lipinski definition) is 3. The van der Waals surface area contributed by atoms with Gasteiger partial charge < -0.3 is 15.4 Å². The second kappa shape index (κ2) is 4.63. The summed E-state index contributed by atoms with van der Waals surface area (Å²) in [5, 5.41) is 12.7. The fourth-order valence-electron chi connectivity index (χ4n) is 1.54. The Morgan fingerprint density at radius 2 is 2.38 bits per heavy atom. The van der Waals surface area contributed by atoms with Gasteiger partial charge in [0.25, 0.3) is 0 Å². The number of aryl methyl sites for hydroxylation is 1. The average molecular weight is 224 g/mol.